The van der Waals surface area contributed by atoms with Gasteiger partial charge in [-0.05, 0) is 36.4 Å². The lowest BCUT2D eigenvalue weighted by Gasteiger charge is -2.36. The Morgan fingerprint density at radius 1 is 0.897 bits per heavy atom. The zero-order valence-electron chi connectivity index (χ0n) is 16.0. The van der Waals surface area contributed by atoms with Crippen molar-refractivity contribution in [2.24, 2.45) is 0 Å². The predicted octanol–water partition coefficient (Wildman–Crippen LogP) is 2.12. The highest BCUT2D eigenvalue weighted by Crippen LogP contribution is 2.20. The highest BCUT2D eigenvalue weighted by atomic mass is 19.1. The SMILES string of the molecule is COC(=O)c1ccc(C(=O)OCC(=O)N2CCN(c3ccccc3F)CC2)cc1. The van der Waals surface area contributed by atoms with Crippen LogP contribution in [0.3, 0.4) is 0 Å². The van der Waals surface area contributed by atoms with Gasteiger partial charge < -0.3 is 19.3 Å². The quantitative estimate of drug-likeness (QED) is 0.716. The van der Waals surface area contributed by atoms with Crippen molar-refractivity contribution in [1.82, 2.24) is 4.90 Å². The van der Waals surface area contributed by atoms with Gasteiger partial charge in [-0.25, -0.2) is 14.0 Å². The fourth-order valence-electron chi connectivity index (χ4n) is 3.07. The van der Waals surface area contributed by atoms with Crippen LogP contribution in [0, 0.1) is 5.82 Å². The zero-order valence-corrected chi connectivity index (χ0v) is 16.0. The normalized spacial score (nSPS) is 13.7. The van der Waals surface area contributed by atoms with Crippen LogP contribution in [-0.2, 0) is 14.3 Å². The summed E-state index contributed by atoms with van der Waals surface area (Å²) in [5, 5.41) is 0. The van der Waals surface area contributed by atoms with Crippen LogP contribution < -0.4 is 4.90 Å². The molecule has 1 saturated heterocycles. The van der Waals surface area contributed by atoms with E-state index in [2.05, 4.69) is 4.74 Å². The van der Waals surface area contributed by atoms with Gasteiger partial charge in [0.15, 0.2) is 6.61 Å². The third-order valence-corrected chi connectivity index (χ3v) is 4.69. The number of methoxy groups -OCH3 is 1. The third kappa shape index (κ3) is 4.90. The van der Waals surface area contributed by atoms with E-state index in [9.17, 15) is 18.8 Å². The molecule has 0 aromatic heterocycles. The number of anilines is 1. The number of hydrogen-bond acceptors (Lipinski definition) is 6. The molecule has 0 saturated carbocycles. The second kappa shape index (κ2) is 9.18. The summed E-state index contributed by atoms with van der Waals surface area (Å²) in [6.07, 6.45) is 0. The Morgan fingerprint density at radius 2 is 1.48 bits per heavy atom. The van der Waals surface area contributed by atoms with Gasteiger partial charge >= 0.3 is 11.9 Å². The molecule has 0 spiro atoms. The van der Waals surface area contributed by atoms with Gasteiger partial charge in [0.25, 0.3) is 5.91 Å². The van der Waals surface area contributed by atoms with E-state index in [1.54, 1.807) is 23.1 Å². The van der Waals surface area contributed by atoms with E-state index in [0.29, 0.717) is 37.4 Å². The maximum atomic E-state index is 13.9. The molecule has 1 fully saturated rings. The van der Waals surface area contributed by atoms with Crippen molar-refractivity contribution in [3.8, 4) is 0 Å². The summed E-state index contributed by atoms with van der Waals surface area (Å²) in [7, 11) is 1.27. The first-order chi connectivity index (χ1) is 14.0. The van der Waals surface area contributed by atoms with Crippen molar-refractivity contribution in [1.29, 1.82) is 0 Å². The van der Waals surface area contributed by atoms with E-state index < -0.39 is 11.9 Å². The molecule has 0 bridgehead atoms. The minimum atomic E-state index is -0.653. The molecule has 152 valence electrons. The summed E-state index contributed by atoms with van der Waals surface area (Å²) in [6, 6.07) is 12.3. The Balaban J connectivity index is 1.48. The first kappa shape index (κ1) is 20.3. The lowest BCUT2D eigenvalue weighted by molar-refractivity contribution is -0.134. The van der Waals surface area contributed by atoms with E-state index in [1.165, 1.54) is 37.4 Å². The van der Waals surface area contributed by atoms with Crippen LogP contribution in [0.1, 0.15) is 20.7 Å². The summed E-state index contributed by atoms with van der Waals surface area (Å²) in [5.74, 6) is -1.76. The summed E-state index contributed by atoms with van der Waals surface area (Å²) < 4.78 is 23.6. The van der Waals surface area contributed by atoms with Gasteiger partial charge in [0.05, 0.1) is 23.9 Å². The van der Waals surface area contributed by atoms with Crippen molar-refractivity contribution < 1.29 is 28.2 Å². The van der Waals surface area contributed by atoms with Crippen molar-refractivity contribution in [3.05, 3.63) is 65.5 Å². The molecule has 29 heavy (non-hydrogen) atoms. The van der Waals surface area contributed by atoms with Crippen molar-refractivity contribution in [3.63, 3.8) is 0 Å². The van der Waals surface area contributed by atoms with Crippen LogP contribution in [0.4, 0.5) is 10.1 Å². The largest absolute Gasteiger partial charge is 0.465 e. The highest BCUT2D eigenvalue weighted by Gasteiger charge is 2.23. The molecule has 0 unspecified atom stereocenters. The van der Waals surface area contributed by atoms with Gasteiger partial charge in [-0.1, -0.05) is 12.1 Å². The van der Waals surface area contributed by atoms with E-state index in [0.717, 1.165) is 0 Å². The number of piperazine rings is 1. The summed E-state index contributed by atoms with van der Waals surface area (Å²) >= 11 is 0. The van der Waals surface area contributed by atoms with Gasteiger partial charge in [-0.2, -0.15) is 0 Å². The molecule has 7 nitrogen and oxygen atoms in total. The number of carbonyl (C=O) groups is 3. The fourth-order valence-corrected chi connectivity index (χ4v) is 3.07. The lowest BCUT2D eigenvalue weighted by Crippen LogP contribution is -2.50. The lowest BCUT2D eigenvalue weighted by atomic mass is 10.1. The van der Waals surface area contributed by atoms with Crippen molar-refractivity contribution >= 4 is 23.5 Å². The van der Waals surface area contributed by atoms with Crippen LogP contribution in [0.15, 0.2) is 48.5 Å². The summed E-state index contributed by atoms with van der Waals surface area (Å²) in [6.45, 7) is 1.44. The van der Waals surface area contributed by atoms with Gasteiger partial charge in [-0.15, -0.1) is 0 Å². The number of benzene rings is 2. The molecule has 0 aliphatic carbocycles. The Bertz CT molecular complexity index is 892. The van der Waals surface area contributed by atoms with Crippen molar-refractivity contribution in [2.45, 2.75) is 0 Å². The topological polar surface area (TPSA) is 76.2 Å². The van der Waals surface area contributed by atoms with Crippen LogP contribution in [0.5, 0.6) is 0 Å². The van der Waals surface area contributed by atoms with Crippen LogP contribution in [0.25, 0.3) is 0 Å². The molecule has 0 atom stereocenters. The molecule has 0 N–H and O–H groups in total. The number of nitrogens with zero attached hydrogens (tertiary/aromatic N) is 2. The molecule has 1 amide bonds. The molecule has 0 radical (unpaired) electrons. The average Bonchev–Trinajstić information content (AvgIpc) is 2.77. The Kier molecular flexibility index (Phi) is 6.43. The zero-order chi connectivity index (χ0) is 20.8. The molecule has 1 aliphatic heterocycles. The molecule has 3 rings (SSSR count). The van der Waals surface area contributed by atoms with Crippen LogP contribution in [-0.4, -0.2) is 62.6 Å². The third-order valence-electron chi connectivity index (χ3n) is 4.69. The molecule has 2 aromatic rings. The number of halogens is 1. The molecule has 1 aliphatic rings. The number of ether oxygens (including phenoxy) is 2. The first-order valence-electron chi connectivity index (χ1n) is 9.12. The van der Waals surface area contributed by atoms with E-state index in [1.807, 2.05) is 4.90 Å². The van der Waals surface area contributed by atoms with E-state index in [4.69, 9.17) is 4.74 Å². The average molecular weight is 400 g/mol. The molecule has 2 aromatic carbocycles. The molecule has 8 heteroatoms. The van der Waals surface area contributed by atoms with E-state index >= 15 is 0 Å². The second-order valence-corrected chi connectivity index (χ2v) is 6.46. The minimum Gasteiger partial charge on any atom is -0.465 e. The number of carbonyl (C=O) groups excluding carboxylic acids is 3. The smallest absolute Gasteiger partial charge is 0.338 e. The number of rotatable bonds is 5. The standard InChI is InChI=1S/C21H21FN2O5/c1-28-20(26)15-6-8-16(9-7-15)21(27)29-14-19(25)24-12-10-23(11-13-24)18-5-3-2-4-17(18)22/h2-9H,10-14H2,1H3. The Hall–Kier alpha value is -3.42. The van der Waals surface area contributed by atoms with Gasteiger partial charge in [-0.3, -0.25) is 4.79 Å². The molecule has 1 heterocycles. The second-order valence-electron chi connectivity index (χ2n) is 6.46. The van der Waals surface area contributed by atoms with E-state index in [-0.39, 0.29) is 23.9 Å². The summed E-state index contributed by atoms with van der Waals surface area (Å²) in [4.78, 5) is 39.3. The van der Waals surface area contributed by atoms with Crippen molar-refractivity contribution in [2.75, 3.05) is 44.8 Å². The monoisotopic (exact) mass is 400 g/mol. The molecular formula is C21H21FN2O5. The number of para-hydroxylation sites is 1. The maximum Gasteiger partial charge on any atom is 0.338 e. The summed E-state index contributed by atoms with van der Waals surface area (Å²) in [5.41, 5.74) is 1.06. The number of amides is 1. The molecular weight excluding hydrogens is 379 g/mol. The Morgan fingerprint density at radius 3 is 2.07 bits per heavy atom. The number of esters is 2. The van der Waals surface area contributed by atoms with Gasteiger partial charge in [0.2, 0.25) is 0 Å². The first-order valence-corrected chi connectivity index (χ1v) is 9.12. The van der Waals surface area contributed by atoms with Gasteiger partial charge in [0.1, 0.15) is 5.82 Å². The van der Waals surface area contributed by atoms with Crippen LogP contribution >= 0.6 is 0 Å². The van der Waals surface area contributed by atoms with Crippen LogP contribution in [0.2, 0.25) is 0 Å². The highest BCUT2D eigenvalue weighted by molar-refractivity contribution is 5.94. The predicted molar refractivity (Wildman–Crippen MR) is 103 cm³/mol. The number of hydrogen-bond donors (Lipinski definition) is 0. The van der Waals surface area contributed by atoms with Gasteiger partial charge in [0, 0.05) is 26.2 Å². The maximum absolute atomic E-state index is 13.9. The Labute approximate surface area is 167 Å². The fraction of sp³-hybridized carbons (Fsp3) is 0.286. The minimum absolute atomic E-state index is 0.231.